The molecule has 0 aliphatic heterocycles. The van der Waals surface area contributed by atoms with Gasteiger partial charge in [-0.1, -0.05) is 42.1 Å². The van der Waals surface area contributed by atoms with Gasteiger partial charge in [-0.05, 0) is 33.8 Å². The summed E-state index contributed by atoms with van der Waals surface area (Å²) in [6.07, 6.45) is 2.19. The van der Waals surface area contributed by atoms with Crippen molar-refractivity contribution in [3.05, 3.63) is 41.6 Å². The molecule has 0 aliphatic carbocycles. The molecule has 1 rings (SSSR count). The van der Waals surface area contributed by atoms with Crippen molar-refractivity contribution in [2.45, 2.75) is 5.79 Å². The lowest BCUT2D eigenvalue weighted by atomic mass is 10.2. The highest BCUT2D eigenvalue weighted by atomic mass is 28.2. The zero-order chi connectivity index (χ0) is 12.0. The van der Waals surface area contributed by atoms with Crippen LogP contribution < -0.4 is 0 Å². The minimum absolute atomic E-state index is 0.486. The summed E-state index contributed by atoms with van der Waals surface area (Å²) < 4.78 is 0. The Bertz CT molecular complexity index is 312. The van der Waals surface area contributed by atoms with E-state index < -0.39 is 0 Å². The summed E-state index contributed by atoms with van der Waals surface area (Å²) in [6.45, 7) is 0. The molecule has 0 heterocycles. The summed E-state index contributed by atoms with van der Waals surface area (Å²) in [7, 11) is 9.26. The monoisotopic (exact) mass is 232 g/mol. The molecule has 0 N–H and O–H groups in total. The topological polar surface area (TPSA) is 6.48 Å². The highest BCUT2D eigenvalue weighted by Crippen LogP contribution is 2.02. The van der Waals surface area contributed by atoms with E-state index in [2.05, 4.69) is 74.0 Å². The highest BCUT2D eigenvalue weighted by molar-refractivity contribution is 6.44. The Kier molecular flexibility index (Phi) is 5.45. The second-order valence-electron chi connectivity index (χ2n) is 4.21. The van der Waals surface area contributed by atoms with Crippen LogP contribution in [0.15, 0.2) is 36.0 Å². The summed E-state index contributed by atoms with van der Waals surface area (Å²) in [5.74, 6) is 0.486. The molecule has 0 unspecified atom stereocenters. The van der Waals surface area contributed by atoms with Crippen LogP contribution in [0.1, 0.15) is 5.56 Å². The molecule has 0 aliphatic rings. The fourth-order valence-electron chi connectivity index (χ4n) is 1.55. The van der Waals surface area contributed by atoms with E-state index in [0.29, 0.717) is 5.79 Å². The van der Waals surface area contributed by atoms with Crippen molar-refractivity contribution in [1.82, 2.24) is 9.80 Å². The van der Waals surface area contributed by atoms with Crippen molar-refractivity contribution in [2.24, 2.45) is 0 Å². The van der Waals surface area contributed by atoms with Gasteiger partial charge in [0.1, 0.15) is 9.52 Å². The first-order valence-electron chi connectivity index (χ1n) is 5.42. The van der Waals surface area contributed by atoms with E-state index in [1.807, 2.05) is 6.07 Å². The van der Waals surface area contributed by atoms with Crippen LogP contribution in [0, 0.1) is 0 Å². The second-order valence-corrected chi connectivity index (χ2v) is 5.39. The fourth-order valence-corrected chi connectivity index (χ4v) is 2.61. The average Bonchev–Trinajstić information content (AvgIpc) is 2.24. The van der Waals surface area contributed by atoms with Crippen LogP contribution in [-0.4, -0.2) is 53.3 Å². The Morgan fingerprint density at radius 1 is 1.00 bits per heavy atom. The molecule has 0 spiro atoms. The lowest BCUT2D eigenvalue weighted by Gasteiger charge is -2.29. The smallest absolute Gasteiger partial charge is 0.113 e. The van der Waals surface area contributed by atoms with E-state index >= 15 is 0 Å². The van der Waals surface area contributed by atoms with Crippen LogP contribution in [0.25, 0.3) is 6.08 Å². The van der Waals surface area contributed by atoms with Crippen LogP contribution in [0.5, 0.6) is 0 Å². The molecular weight excluding hydrogens is 212 g/mol. The Hall–Kier alpha value is -0.903. The van der Waals surface area contributed by atoms with Crippen LogP contribution >= 0.6 is 0 Å². The summed E-state index contributed by atoms with van der Waals surface area (Å²) in [6, 6.07) is 10.4. The number of benzene rings is 1. The molecule has 0 amide bonds. The van der Waals surface area contributed by atoms with Crippen molar-refractivity contribution < 1.29 is 0 Å². The molecule has 2 nitrogen and oxygen atoms in total. The lowest BCUT2D eigenvalue weighted by Crippen LogP contribution is -2.44. The van der Waals surface area contributed by atoms with Gasteiger partial charge in [-0.25, -0.2) is 0 Å². The maximum Gasteiger partial charge on any atom is 0.113 e. The SMILES string of the molecule is CN(C)C([Si]C=Cc1ccccc1)N(C)C. The normalized spacial score (nSPS) is 12.2. The highest BCUT2D eigenvalue weighted by Gasteiger charge is 2.11. The molecule has 3 heteroatoms. The van der Waals surface area contributed by atoms with Crippen LogP contribution in [0.4, 0.5) is 0 Å². The predicted molar refractivity (Wildman–Crippen MR) is 72.4 cm³/mol. The first-order chi connectivity index (χ1) is 7.61. The number of nitrogens with zero attached hydrogens (tertiary/aromatic N) is 2. The third-order valence-electron chi connectivity index (χ3n) is 2.30. The number of hydrogen-bond donors (Lipinski definition) is 0. The maximum absolute atomic E-state index is 2.26. The molecule has 0 aromatic heterocycles. The van der Waals surface area contributed by atoms with Crippen LogP contribution in [-0.2, 0) is 0 Å². The lowest BCUT2D eigenvalue weighted by molar-refractivity contribution is 0.202. The summed E-state index contributed by atoms with van der Waals surface area (Å²) in [5, 5.41) is 0. The zero-order valence-electron chi connectivity index (χ0n) is 10.5. The zero-order valence-corrected chi connectivity index (χ0v) is 11.5. The molecule has 1 aromatic rings. The third kappa shape index (κ3) is 4.31. The third-order valence-corrected chi connectivity index (χ3v) is 3.99. The second kappa shape index (κ2) is 6.63. The predicted octanol–water partition coefficient (Wildman–Crippen LogP) is 1.77. The minimum atomic E-state index is 0.486. The fraction of sp³-hybridized carbons (Fsp3) is 0.385. The first-order valence-corrected chi connectivity index (χ1v) is 6.57. The van der Waals surface area contributed by atoms with E-state index in [0.717, 1.165) is 9.52 Å². The average molecular weight is 232 g/mol. The maximum atomic E-state index is 2.26. The molecule has 0 saturated carbocycles. The van der Waals surface area contributed by atoms with Gasteiger partial charge in [-0.15, -0.1) is 0 Å². The number of hydrogen-bond acceptors (Lipinski definition) is 2. The molecule has 2 radical (unpaired) electrons. The van der Waals surface area contributed by atoms with Gasteiger partial charge in [-0.2, -0.15) is 0 Å². The quantitative estimate of drug-likeness (QED) is 0.564. The van der Waals surface area contributed by atoms with Crippen LogP contribution in [0.3, 0.4) is 0 Å². The van der Waals surface area contributed by atoms with Gasteiger partial charge in [-0.3, -0.25) is 9.80 Å². The van der Waals surface area contributed by atoms with Gasteiger partial charge in [0.25, 0.3) is 0 Å². The van der Waals surface area contributed by atoms with Crippen LogP contribution in [0.2, 0.25) is 0 Å². The van der Waals surface area contributed by atoms with Crippen molar-refractivity contribution >= 4 is 15.6 Å². The standard InChI is InChI=1S/C13H20N2Si/c1-14(2)13(15(3)4)16-11-10-12-8-6-5-7-9-12/h5-11,13H,1-4H3. The molecular formula is C13H20N2Si. The Morgan fingerprint density at radius 3 is 2.06 bits per heavy atom. The number of rotatable bonds is 5. The molecule has 16 heavy (non-hydrogen) atoms. The van der Waals surface area contributed by atoms with E-state index in [9.17, 15) is 0 Å². The van der Waals surface area contributed by atoms with E-state index in [-0.39, 0.29) is 0 Å². The van der Waals surface area contributed by atoms with Gasteiger partial charge in [0.2, 0.25) is 0 Å². The van der Waals surface area contributed by atoms with E-state index in [1.54, 1.807) is 0 Å². The molecule has 86 valence electrons. The van der Waals surface area contributed by atoms with Crippen molar-refractivity contribution in [3.8, 4) is 0 Å². The molecule has 0 saturated heterocycles. The molecule has 0 fully saturated rings. The Labute approximate surface area is 101 Å². The van der Waals surface area contributed by atoms with Gasteiger partial charge in [0, 0.05) is 0 Å². The van der Waals surface area contributed by atoms with Gasteiger partial charge in [0.15, 0.2) is 0 Å². The van der Waals surface area contributed by atoms with Crippen molar-refractivity contribution in [2.75, 3.05) is 28.2 Å². The summed E-state index contributed by atoms with van der Waals surface area (Å²) in [4.78, 5) is 4.49. The van der Waals surface area contributed by atoms with Crippen molar-refractivity contribution in [3.63, 3.8) is 0 Å². The van der Waals surface area contributed by atoms with Gasteiger partial charge in [0.05, 0.1) is 5.79 Å². The molecule has 0 bridgehead atoms. The Balaban J connectivity index is 2.52. The van der Waals surface area contributed by atoms with Gasteiger partial charge < -0.3 is 0 Å². The summed E-state index contributed by atoms with van der Waals surface area (Å²) in [5.41, 5.74) is 3.53. The van der Waals surface area contributed by atoms with Gasteiger partial charge >= 0.3 is 0 Å². The minimum Gasteiger partial charge on any atom is -0.297 e. The van der Waals surface area contributed by atoms with E-state index in [1.165, 1.54) is 5.56 Å². The largest absolute Gasteiger partial charge is 0.297 e. The van der Waals surface area contributed by atoms with E-state index in [4.69, 9.17) is 0 Å². The Morgan fingerprint density at radius 2 is 1.56 bits per heavy atom. The molecule has 1 aromatic carbocycles. The summed E-state index contributed by atoms with van der Waals surface area (Å²) >= 11 is 0. The first kappa shape index (κ1) is 13.2. The molecule has 0 atom stereocenters. The van der Waals surface area contributed by atoms with Crippen molar-refractivity contribution in [1.29, 1.82) is 0 Å².